The molecule has 0 aromatic heterocycles. The summed E-state index contributed by atoms with van der Waals surface area (Å²) in [6.07, 6.45) is 2.38. The second-order valence-corrected chi connectivity index (χ2v) is 5.47. The summed E-state index contributed by atoms with van der Waals surface area (Å²) < 4.78 is 0. The highest BCUT2D eigenvalue weighted by Crippen LogP contribution is 2.37. The first-order chi connectivity index (χ1) is 8.58. The zero-order valence-corrected chi connectivity index (χ0v) is 11.8. The molecule has 1 aliphatic rings. The van der Waals surface area contributed by atoms with Crippen LogP contribution in [-0.4, -0.2) is 50.0 Å². The third-order valence-electron chi connectivity index (χ3n) is 3.31. The van der Waals surface area contributed by atoms with E-state index in [1.807, 2.05) is 28.2 Å². The zero-order chi connectivity index (χ0) is 13.1. The number of aliphatic imine (C=N–C) groups is 1. The van der Waals surface area contributed by atoms with Gasteiger partial charge in [-0.25, -0.2) is 4.99 Å². The van der Waals surface area contributed by atoms with Gasteiger partial charge >= 0.3 is 0 Å². The van der Waals surface area contributed by atoms with Crippen LogP contribution in [0.1, 0.15) is 12.0 Å². The summed E-state index contributed by atoms with van der Waals surface area (Å²) in [5.74, 6) is 1.79. The van der Waals surface area contributed by atoms with Crippen LogP contribution in [0.15, 0.2) is 35.3 Å². The largest absolute Gasteiger partial charge is 0.349 e. The predicted octanol–water partition coefficient (Wildman–Crippen LogP) is 2.10. The average molecular weight is 245 g/mol. The minimum Gasteiger partial charge on any atom is -0.349 e. The zero-order valence-electron chi connectivity index (χ0n) is 11.8. The molecule has 3 nitrogen and oxygen atoms in total. The molecule has 0 amide bonds. The Morgan fingerprint density at radius 1 is 1.11 bits per heavy atom. The van der Waals surface area contributed by atoms with E-state index in [0.29, 0.717) is 6.04 Å². The fraction of sp³-hybridized carbons (Fsp3) is 0.533. The molecule has 0 saturated heterocycles. The molecule has 2 atom stereocenters. The van der Waals surface area contributed by atoms with Gasteiger partial charge in [-0.3, -0.25) is 0 Å². The normalized spacial score (nSPS) is 21.3. The number of nitrogens with zero attached hydrogens (tertiary/aromatic N) is 3. The van der Waals surface area contributed by atoms with Crippen molar-refractivity contribution in [1.82, 2.24) is 9.80 Å². The van der Waals surface area contributed by atoms with Crippen molar-refractivity contribution >= 4 is 5.96 Å². The van der Waals surface area contributed by atoms with Gasteiger partial charge in [0.2, 0.25) is 0 Å². The van der Waals surface area contributed by atoms with E-state index < -0.39 is 0 Å². The Morgan fingerprint density at radius 2 is 1.72 bits per heavy atom. The fourth-order valence-corrected chi connectivity index (χ4v) is 2.31. The second kappa shape index (κ2) is 5.42. The van der Waals surface area contributed by atoms with Crippen LogP contribution in [0.25, 0.3) is 0 Å². The molecule has 1 aliphatic carbocycles. The van der Waals surface area contributed by atoms with Crippen LogP contribution in [0.3, 0.4) is 0 Å². The van der Waals surface area contributed by atoms with Crippen molar-refractivity contribution in [3.63, 3.8) is 0 Å². The molecule has 0 radical (unpaired) electrons. The van der Waals surface area contributed by atoms with Crippen LogP contribution in [0.4, 0.5) is 0 Å². The topological polar surface area (TPSA) is 18.8 Å². The molecule has 0 bridgehead atoms. The summed E-state index contributed by atoms with van der Waals surface area (Å²) in [6.45, 7) is 0. The molecule has 1 saturated carbocycles. The molecule has 2 rings (SSSR count). The molecule has 1 fully saturated rings. The van der Waals surface area contributed by atoms with Gasteiger partial charge in [0, 0.05) is 28.2 Å². The molecule has 2 unspecified atom stereocenters. The number of hydrogen-bond donors (Lipinski definition) is 0. The summed E-state index contributed by atoms with van der Waals surface area (Å²) in [5.41, 5.74) is 1.43. The van der Waals surface area contributed by atoms with Crippen LogP contribution in [-0.2, 0) is 6.42 Å². The Labute approximate surface area is 110 Å². The van der Waals surface area contributed by atoms with E-state index in [2.05, 4.69) is 40.1 Å². The highest BCUT2D eigenvalue weighted by Gasteiger charge is 2.37. The lowest BCUT2D eigenvalue weighted by Crippen LogP contribution is -2.35. The molecule has 98 valence electrons. The first kappa shape index (κ1) is 12.9. The first-order valence-corrected chi connectivity index (χ1v) is 6.54. The summed E-state index contributed by atoms with van der Waals surface area (Å²) >= 11 is 0. The van der Waals surface area contributed by atoms with Gasteiger partial charge in [0.05, 0.1) is 6.04 Å². The Balaban J connectivity index is 1.93. The maximum Gasteiger partial charge on any atom is 0.195 e. The molecule has 0 heterocycles. The highest BCUT2D eigenvalue weighted by atomic mass is 15.3. The molecular formula is C15H23N3. The maximum absolute atomic E-state index is 4.83. The van der Waals surface area contributed by atoms with Crippen molar-refractivity contribution < 1.29 is 0 Å². The van der Waals surface area contributed by atoms with Gasteiger partial charge in [-0.15, -0.1) is 0 Å². The Kier molecular flexibility index (Phi) is 3.90. The number of guanidine groups is 1. The van der Waals surface area contributed by atoms with E-state index in [0.717, 1.165) is 18.3 Å². The average Bonchev–Trinajstić information content (AvgIpc) is 3.05. The van der Waals surface area contributed by atoms with E-state index in [1.54, 1.807) is 0 Å². The quantitative estimate of drug-likeness (QED) is 0.600. The summed E-state index contributed by atoms with van der Waals surface area (Å²) in [7, 11) is 8.20. The molecule has 0 N–H and O–H groups in total. The number of rotatable bonds is 3. The van der Waals surface area contributed by atoms with Gasteiger partial charge in [0.1, 0.15) is 0 Å². The minimum absolute atomic E-state index is 0.505. The Bertz CT molecular complexity index is 399. The van der Waals surface area contributed by atoms with Gasteiger partial charge in [0.25, 0.3) is 0 Å². The smallest absolute Gasteiger partial charge is 0.195 e. The Morgan fingerprint density at radius 3 is 2.28 bits per heavy atom. The van der Waals surface area contributed by atoms with Gasteiger partial charge in [-0.1, -0.05) is 30.3 Å². The van der Waals surface area contributed by atoms with Crippen molar-refractivity contribution in [1.29, 1.82) is 0 Å². The van der Waals surface area contributed by atoms with E-state index in [9.17, 15) is 0 Å². The van der Waals surface area contributed by atoms with Crippen LogP contribution in [0.5, 0.6) is 0 Å². The minimum atomic E-state index is 0.505. The van der Waals surface area contributed by atoms with Gasteiger partial charge < -0.3 is 9.80 Å². The van der Waals surface area contributed by atoms with Crippen LogP contribution < -0.4 is 0 Å². The van der Waals surface area contributed by atoms with Gasteiger partial charge in [0.15, 0.2) is 5.96 Å². The summed E-state index contributed by atoms with van der Waals surface area (Å²) in [6, 6.07) is 11.2. The van der Waals surface area contributed by atoms with E-state index in [4.69, 9.17) is 4.99 Å². The first-order valence-electron chi connectivity index (χ1n) is 6.54. The van der Waals surface area contributed by atoms with Crippen molar-refractivity contribution in [2.45, 2.75) is 18.9 Å². The number of benzene rings is 1. The van der Waals surface area contributed by atoms with Crippen molar-refractivity contribution in [3.8, 4) is 0 Å². The summed E-state index contributed by atoms with van der Waals surface area (Å²) in [5, 5.41) is 0. The Hall–Kier alpha value is -1.51. The monoisotopic (exact) mass is 245 g/mol. The summed E-state index contributed by atoms with van der Waals surface area (Å²) in [4.78, 5) is 9.00. The molecule has 18 heavy (non-hydrogen) atoms. The number of hydrogen-bond acceptors (Lipinski definition) is 1. The highest BCUT2D eigenvalue weighted by molar-refractivity contribution is 5.79. The van der Waals surface area contributed by atoms with Crippen molar-refractivity contribution in [2.75, 3.05) is 28.2 Å². The lowest BCUT2D eigenvalue weighted by atomic mass is 10.1. The third-order valence-corrected chi connectivity index (χ3v) is 3.31. The molecule has 0 spiro atoms. The van der Waals surface area contributed by atoms with Crippen molar-refractivity contribution in [3.05, 3.63) is 35.9 Å². The van der Waals surface area contributed by atoms with E-state index in [1.165, 1.54) is 12.0 Å². The SMILES string of the molecule is CN(C)C(=NC1CC1Cc1ccccc1)N(C)C. The van der Waals surface area contributed by atoms with Gasteiger partial charge in [-0.05, 0) is 24.3 Å². The van der Waals surface area contributed by atoms with E-state index in [-0.39, 0.29) is 0 Å². The molecule has 3 heteroatoms. The van der Waals surface area contributed by atoms with Crippen LogP contribution >= 0.6 is 0 Å². The molecule has 1 aromatic carbocycles. The molecule has 0 aliphatic heterocycles. The predicted molar refractivity (Wildman–Crippen MR) is 76.9 cm³/mol. The fourth-order valence-electron chi connectivity index (χ4n) is 2.31. The van der Waals surface area contributed by atoms with Crippen molar-refractivity contribution in [2.24, 2.45) is 10.9 Å². The lowest BCUT2D eigenvalue weighted by molar-refractivity contribution is 0.478. The third kappa shape index (κ3) is 3.25. The van der Waals surface area contributed by atoms with Gasteiger partial charge in [-0.2, -0.15) is 0 Å². The lowest BCUT2D eigenvalue weighted by Gasteiger charge is -2.22. The molecular weight excluding hydrogens is 222 g/mol. The second-order valence-electron chi connectivity index (χ2n) is 5.47. The maximum atomic E-state index is 4.83. The van der Waals surface area contributed by atoms with Crippen LogP contribution in [0.2, 0.25) is 0 Å². The van der Waals surface area contributed by atoms with Crippen LogP contribution in [0, 0.1) is 5.92 Å². The van der Waals surface area contributed by atoms with E-state index >= 15 is 0 Å². The standard InChI is InChI=1S/C15H23N3/c1-17(2)15(18(3)4)16-14-11-13(14)10-12-8-6-5-7-9-12/h5-9,13-14H,10-11H2,1-4H3. The molecule has 1 aromatic rings.